The van der Waals surface area contributed by atoms with Crippen molar-refractivity contribution in [2.75, 3.05) is 6.61 Å². The number of carbonyl (C=O) groups excluding carboxylic acids is 1. The van der Waals surface area contributed by atoms with E-state index in [2.05, 4.69) is 5.32 Å². The average molecular weight is 258 g/mol. The molecule has 0 fully saturated rings. The molecule has 0 radical (unpaired) electrons. The van der Waals surface area contributed by atoms with E-state index in [4.69, 9.17) is 10.5 Å². The van der Waals surface area contributed by atoms with Gasteiger partial charge in [0, 0.05) is 18.0 Å². The van der Waals surface area contributed by atoms with Gasteiger partial charge in [-0.1, -0.05) is 30.4 Å². The van der Waals surface area contributed by atoms with E-state index in [9.17, 15) is 4.79 Å². The molecule has 0 spiro atoms. The van der Waals surface area contributed by atoms with Gasteiger partial charge in [-0.2, -0.15) is 0 Å². The van der Waals surface area contributed by atoms with Crippen LogP contribution in [0.5, 0.6) is 5.75 Å². The summed E-state index contributed by atoms with van der Waals surface area (Å²) in [4.78, 5) is 12.2. The number of para-hydroxylation sites is 1. The molecule has 3 N–H and O–H groups in total. The third-order valence-electron chi connectivity index (χ3n) is 3.73. The molecule has 1 heterocycles. The highest BCUT2D eigenvalue weighted by Gasteiger charge is 2.27. The summed E-state index contributed by atoms with van der Waals surface area (Å²) in [7, 11) is 0. The second-order valence-electron chi connectivity index (χ2n) is 5.13. The van der Waals surface area contributed by atoms with E-state index in [0.29, 0.717) is 13.0 Å². The number of fused-ring (bicyclic) bond motifs is 1. The minimum absolute atomic E-state index is 0.0118. The van der Waals surface area contributed by atoms with Crippen molar-refractivity contribution in [1.29, 1.82) is 0 Å². The van der Waals surface area contributed by atoms with Crippen LogP contribution in [0.25, 0.3) is 0 Å². The van der Waals surface area contributed by atoms with Crippen molar-refractivity contribution >= 4 is 5.91 Å². The fourth-order valence-electron chi connectivity index (χ4n) is 2.69. The van der Waals surface area contributed by atoms with Gasteiger partial charge in [0.15, 0.2) is 0 Å². The summed E-state index contributed by atoms with van der Waals surface area (Å²) in [6, 6.07) is 7.93. The quantitative estimate of drug-likeness (QED) is 0.791. The molecule has 3 rings (SSSR count). The first-order chi connectivity index (χ1) is 9.24. The van der Waals surface area contributed by atoms with Crippen LogP contribution in [0.1, 0.15) is 24.4 Å². The third-order valence-corrected chi connectivity index (χ3v) is 3.73. The Hall–Kier alpha value is -1.81. The van der Waals surface area contributed by atoms with Gasteiger partial charge < -0.3 is 15.8 Å². The monoisotopic (exact) mass is 258 g/mol. The summed E-state index contributed by atoms with van der Waals surface area (Å²) in [6.45, 7) is 0.641. The summed E-state index contributed by atoms with van der Waals surface area (Å²) in [5, 5.41) is 3.11. The molecular formula is C15H18N2O2. The molecule has 1 amide bonds. The number of rotatable bonds is 2. The number of hydrogen-bond donors (Lipinski definition) is 2. The molecule has 1 aromatic rings. The Morgan fingerprint density at radius 3 is 2.95 bits per heavy atom. The van der Waals surface area contributed by atoms with Crippen molar-refractivity contribution in [1.82, 2.24) is 5.32 Å². The number of carbonyl (C=O) groups is 1. The summed E-state index contributed by atoms with van der Waals surface area (Å²) >= 11 is 0. The van der Waals surface area contributed by atoms with Gasteiger partial charge in [-0.15, -0.1) is 0 Å². The molecule has 1 aliphatic carbocycles. The van der Waals surface area contributed by atoms with Crippen LogP contribution < -0.4 is 15.8 Å². The third kappa shape index (κ3) is 2.49. The van der Waals surface area contributed by atoms with Crippen LogP contribution in [-0.4, -0.2) is 18.6 Å². The van der Waals surface area contributed by atoms with Crippen LogP contribution in [-0.2, 0) is 4.79 Å². The van der Waals surface area contributed by atoms with Crippen LogP contribution in [0.4, 0.5) is 0 Å². The van der Waals surface area contributed by atoms with Gasteiger partial charge in [0.2, 0.25) is 5.91 Å². The van der Waals surface area contributed by atoms with Gasteiger partial charge in [0.25, 0.3) is 0 Å². The van der Waals surface area contributed by atoms with Crippen molar-refractivity contribution in [2.24, 2.45) is 11.7 Å². The van der Waals surface area contributed by atoms with Gasteiger partial charge >= 0.3 is 0 Å². The zero-order valence-corrected chi connectivity index (χ0v) is 10.7. The van der Waals surface area contributed by atoms with Gasteiger partial charge in [-0.05, 0) is 12.5 Å². The molecule has 0 saturated carbocycles. The molecule has 100 valence electrons. The van der Waals surface area contributed by atoms with Crippen molar-refractivity contribution in [2.45, 2.75) is 24.9 Å². The summed E-state index contributed by atoms with van der Waals surface area (Å²) in [6.07, 6.45) is 5.33. The predicted molar refractivity (Wildman–Crippen MR) is 72.7 cm³/mol. The lowest BCUT2D eigenvalue weighted by atomic mass is 9.99. The molecule has 3 unspecified atom stereocenters. The van der Waals surface area contributed by atoms with Gasteiger partial charge in [0.05, 0.1) is 18.6 Å². The second kappa shape index (κ2) is 5.05. The van der Waals surface area contributed by atoms with Crippen LogP contribution in [0.2, 0.25) is 0 Å². The molecule has 3 atom stereocenters. The molecule has 1 aromatic carbocycles. The topological polar surface area (TPSA) is 64.4 Å². The first kappa shape index (κ1) is 12.2. The number of ether oxygens (including phenoxy) is 1. The number of benzene rings is 1. The molecule has 0 aromatic heterocycles. The predicted octanol–water partition coefficient (Wildman–Crippen LogP) is 1.53. The Kier molecular flexibility index (Phi) is 3.25. The fraction of sp³-hybridized carbons (Fsp3) is 0.400. The van der Waals surface area contributed by atoms with E-state index < -0.39 is 0 Å². The Balaban J connectivity index is 1.71. The van der Waals surface area contributed by atoms with E-state index in [1.807, 2.05) is 36.4 Å². The number of nitrogens with one attached hydrogen (secondary N) is 1. The van der Waals surface area contributed by atoms with E-state index in [0.717, 1.165) is 17.7 Å². The Morgan fingerprint density at radius 2 is 2.16 bits per heavy atom. The highest BCUT2D eigenvalue weighted by molar-refractivity contribution is 5.81. The molecule has 2 aliphatic rings. The standard InChI is InChI=1S/C15H18N2O2/c16-11-6-5-10(9-11)15(18)17-13-7-8-19-14-4-2-1-3-12(13)14/h1-6,10-11,13H,7-9,16H2,(H,17,18). The maximum absolute atomic E-state index is 12.2. The van der Waals surface area contributed by atoms with Crippen molar-refractivity contribution < 1.29 is 9.53 Å². The zero-order chi connectivity index (χ0) is 13.2. The molecule has 4 nitrogen and oxygen atoms in total. The average Bonchev–Trinajstić information content (AvgIpc) is 2.86. The number of hydrogen-bond acceptors (Lipinski definition) is 3. The minimum Gasteiger partial charge on any atom is -0.493 e. The molecule has 0 saturated heterocycles. The highest BCUT2D eigenvalue weighted by Crippen LogP contribution is 2.32. The lowest BCUT2D eigenvalue weighted by Crippen LogP contribution is -2.36. The van der Waals surface area contributed by atoms with Crippen LogP contribution in [0, 0.1) is 5.92 Å². The molecule has 1 aliphatic heterocycles. The largest absolute Gasteiger partial charge is 0.493 e. The van der Waals surface area contributed by atoms with Gasteiger partial charge in [-0.25, -0.2) is 0 Å². The summed E-state index contributed by atoms with van der Waals surface area (Å²) in [5.41, 5.74) is 6.85. The Morgan fingerprint density at radius 1 is 1.32 bits per heavy atom. The van der Waals surface area contributed by atoms with Gasteiger partial charge in [0.1, 0.15) is 5.75 Å². The van der Waals surface area contributed by atoms with Crippen molar-refractivity contribution in [3.8, 4) is 5.75 Å². The summed E-state index contributed by atoms with van der Waals surface area (Å²) < 4.78 is 5.59. The van der Waals surface area contributed by atoms with Crippen LogP contribution in [0.3, 0.4) is 0 Å². The van der Waals surface area contributed by atoms with E-state index in [1.165, 1.54) is 0 Å². The molecule has 19 heavy (non-hydrogen) atoms. The maximum Gasteiger partial charge on any atom is 0.227 e. The van der Waals surface area contributed by atoms with Crippen LogP contribution in [0.15, 0.2) is 36.4 Å². The fourth-order valence-corrected chi connectivity index (χ4v) is 2.69. The normalized spacial score (nSPS) is 28.6. The maximum atomic E-state index is 12.2. The first-order valence-corrected chi connectivity index (χ1v) is 6.70. The number of amides is 1. The molecule has 4 heteroatoms. The van der Waals surface area contributed by atoms with E-state index >= 15 is 0 Å². The van der Waals surface area contributed by atoms with E-state index in [-0.39, 0.29) is 23.9 Å². The second-order valence-corrected chi connectivity index (χ2v) is 5.13. The lowest BCUT2D eigenvalue weighted by molar-refractivity contribution is -0.124. The summed E-state index contributed by atoms with van der Waals surface area (Å²) in [5.74, 6) is 0.841. The Bertz CT molecular complexity index is 513. The minimum atomic E-state index is -0.0926. The van der Waals surface area contributed by atoms with Gasteiger partial charge in [-0.3, -0.25) is 4.79 Å². The zero-order valence-electron chi connectivity index (χ0n) is 10.7. The first-order valence-electron chi connectivity index (χ1n) is 6.70. The smallest absolute Gasteiger partial charge is 0.227 e. The van der Waals surface area contributed by atoms with Crippen molar-refractivity contribution in [3.63, 3.8) is 0 Å². The highest BCUT2D eigenvalue weighted by atomic mass is 16.5. The number of nitrogens with two attached hydrogens (primary N) is 1. The molecule has 0 bridgehead atoms. The lowest BCUT2D eigenvalue weighted by Gasteiger charge is -2.27. The Labute approximate surface area is 112 Å². The van der Waals surface area contributed by atoms with E-state index in [1.54, 1.807) is 0 Å². The SMILES string of the molecule is NC1C=CC(C(=O)NC2CCOc3ccccc32)C1. The molecular weight excluding hydrogens is 240 g/mol. The van der Waals surface area contributed by atoms with Crippen LogP contribution >= 0.6 is 0 Å². The van der Waals surface area contributed by atoms with Crippen molar-refractivity contribution in [3.05, 3.63) is 42.0 Å².